The van der Waals surface area contributed by atoms with Gasteiger partial charge in [0.25, 0.3) is 0 Å². The van der Waals surface area contributed by atoms with Gasteiger partial charge < -0.3 is 9.88 Å². The number of carbonyl (C=O) groups is 1. The van der Waals surface area contributed by atoms with Crippen LogP contribution in [0, 0.1) is 23.7 Å². The molecule has 0 radical (unpaired) electrons. The van der Waals surface area contributed by atoms with Crippen molar-refractivity contribution in [1.29, 1.82) is 0 Å². The first-order valence-corrected chi connectivity index (χ1v) is 9.12. The first-order chi connectivity index (χ1) is 11.8. The van der Waals surface area contributed by atoms with Crippen LogP contribution in [-0.2, 0) is 17.8 Å². The van der Waals surface area contributed by atoms with E-state index < -0.39 is 0 Å². The summed E-state index contributed by atoms with van der Waals surface area (Å²) in [4.78, 5) is 16.7. The summed E-state index contributed by atoms with van der Waals surface area (Å²) < 4.78 is 2.08. The van der Waals surface area contributed by atoms with Crippen LogP contribution in [0.15, 0.2) is 42.9 Å². The Bertz CT molecular complexity index is 737. The Labute approximate surface area is 142 Å². The van der Waals surface area contributed by atoms with E-state index in [0.29, 0.717) is 12.5 Å². The average molecular weight is 321 g/mol. The fourth-order valence-electron chi connectivity index (χ4n) is 5.34. The minimum atomic E-state index is 0.156. The smallest absolute Gasteiger partial charge is 0.226 e. The number of rotatable bonds is 5. The predicted octanol–water partition coefficient (Wildman–Crippen LogP) is 2.63. The number of benzene rings is 1. The lowest BCUT2D eigenvalue weighted by Crippen LogP contribution is -2.31. The highest BCUT2D eigenvalue weighted by atomic mass is 16.1. The van der Waals surface area contributed by atoms with Crippen LogP contribution in [0.3, 0.4) is 0 Å². The van der Waals surface area contributed by atoms with E-state index in [1.54, 1.807) is 0 Å². The molecule has 1 aromatic heterocycles. The molecule has 1 amide bonds. The van der Waals surface area contributed by atoms with E-state index >= 15 is 0 Å². The zero-order valence-corrected chi connectivity index (χ0v) is 13.8. The summed E-state index contributed by atoms with van der Waals surface area (Å²) in [6.07, 6.45) is 8.27. The van der Waals surface area contributed by atoms with E-state index in [1.807, 2.05) is 30.7 Å². The van der Waals surface area contributed by atoms with Crippen molar-refractivity contribution in [3.63, 3.8) is 0 Å². The van der Waals surface area contributed by atoms with Crippen LogP contribution in [0.25, 0.3) is 0 Å². The fraction of sp³-hybridized carbons (Fsp3) is 0.500. The van der Waals surface area contributed by atoms with Gasteiger partial charge in [-0.1, -0.05) is 30.3 Å². The summed E-state index contributed by atoms with van der Waals surface area (Å²) in [5.74, 6) is 3.54. The van der Waals surface area contributed by atoms with Crippen molar-refractivity contribution < 1.29 is 4.79 Å². The topological polar surface area (TPSA) is 46.9 Å². The maximum atomic E-state index is 12.5. The lowest BCUT2D eigenvalue weighted by molar-refractivity contribution is -0.120. The largest absolute Gasteiger partial charge is 0.352 e. The van der Waals surface area contributed by atoms with Gasteiger partial charge in [-0.25, -0.2) is 4.98 Å². The van der Waals surface area contributed by atoms with Crippen LogP contribution in [0.4, 0.5) is 0 Å². The standard InChI is InChI=1S/C20H23N3O/c24-17(22-20-18-14-6-7-15(8-14)19(18)20)9-16-10-21-12-23(16)11-13-4-2-1-3-5-13/h1-5,10,12,14-15,18-20H,6-9,11H2,(H,22,24)/t14-,15-,18-,19+,20?/m0/s1. The number of nitrogens with one attached hydrogen (secondary N) is 1. The van der Waals surface area contributed by atoms with Crippen molar-refractivity contribution in [1.82, 2.24) is 14.9 Å². The van der Waals surface area contributed by atoms with E-state index in [2.05, 4.69) is 27.0 Å². The molecule has 2 bridgehead atoms. The highest BCUT2D eigenvalue weighted by molar-refractivity contribution is 5.79. The molecule has 3 fully saturated rings. The van der Waals surface area contributed by atoms with Gasteiger partial charge in [0.05, 0.1) is 12.7 Å². The molecule has 1 heterocycles. The van der Waals surface area contributed by atoms with Gasteiger partial charge in [-0.15, -0.1) is 0 Å². The second-order valence-electron chi connectivity index (χ2n) is 7.76. The van der Waals surface area contributed by atoms with Gasteiger partial charge in [0.1, 0.15) is 0 Å². The van der Waals surface area contributed by atoms with E-state index in [-0.39, 0.29) is 5.91 Å². The summed E-state index contributed by atoms with van der Waals surface area (Å²) in [6.45, 7) is 0.766. The normalized spacial score (nSPS) is 32.6. The number of amides is 1. The molecular formula is C20H23N3O. The van der Waals surface area contributed by atoms with Crippen LogP contribution in [0.1, 0.15) is 30.5 Å². The number of imidazole rings is 1. The third-order valence-electron chi connectivity index (χ3n) is 6.40. The summed E-state index contributed by atoms with van der Waals surface area (Å²) >= 11 is 0. The zero-order valence-electron chi connectivity index (χ0n) is 13.8. The van der Waals surface area contributed by atoms with E-state index in [4.69, 9.17) is 0 Å². The number of fused-ring (bicyclic) bond motifs is 5. The fourth-order valence-corrected chi connectivity index (χ4v) is 5.34. The van der Waals surface area contributed by atoms with Crippen molar-refractivity contribution in [3.05, 3.63) is 54.1 Å². The highest BCUT2D eigenvalue weighted by Gasteiger charge is 2.65. The molecule has 4 nitrogen and oxygen atoms in total. The lowest BCUT2D eigenvalue weighted by atomic mass is 10.0. The zero-order chi connectivity index (χ0) is 16.1. The van der Waals surface area contributed by atoms with Crippen molar-refractivity contribution in [2.24, 2.45) is 23.7 Å². The minimum absolute atomic E-state index is 0.156. The van der Waals surface area contributed by atoms with Gasteiger partial charge in [0.15, 0.2) is 0 Å². The molecule has 1 unspecified atom stereocenters. The first kappa shape index (κ1) is 14.3. The molecule has 3 aliphatic rings. The predicted molar refractivity (Wildman–Crippen MR) is 91.2 cm³/mol. The molecule has 124 valence electrons. The number of nitrogens with zero attached hydrogens (tertiary/aromatic N) is 2. The van der Waals surface area contributed by atoms with Crippen molar-refractivity contribution in [2.45, 2.75) is 38.3 Å². The molecule has 4 heteroatoms. The maximum Gasteiger partial charge on any atom is 0.226 e. The summed E-state index contributed by atoms with van der Waals surface area (Å²) in [5.41, 5.74) is 2.22. The molecule has 0 spiro atoms. The molecule has 5 atom stereocenters. The minimum Gasteiger partial charge on any atom is -0.352 e. The van der Waals surface area contributed by atoms with Crippen LogP contribution in [0.5, 0.6) is 0 Å². The Hall–Kier alpha value is -2.10. The molecule has 2 aromatic rings. The van der Waals surface area contributed by atoms with Gasteiger partial charge in [0, 0.05) is 24.5 Å². The maximum absolute atomic E-state index is 12.5. The summed E-state index contributed by atoms with van der Waals surface area (Å²) in [6, 6.07) is 10.8. The second-order valence-corrected chi connectivity index (χ2v) is 7.76. The second kappa shape index (κ2) is 5.47. The van der Waals surface area contributed by atoms with Crippen LogP contribution in [-0.4, -0.2) is 21.5 Å². The molecular weight excluding hydrogens is 298 g/mol. The van der Waals surface area contributed by atoms with Crippen LogP contribution >= 0.6 is 0 Å². The highest BCUT2D eigenvalue weighted by Crippen LogP contribution is 2.65. The molecule has 1 N–H and O–H groups in total. The Balaban J connectivity index is 1.21. The Morgan fingerprint density at radius 3 is 2.67 bits per heavy atom. The average Bonchev–Trinajstić information content (AvgIpc) is 2.98. The molecule has 24 heavy (non-hydrogen) atoms. The number of hydrogen-bond acceptors (Lipinski definition) is 2. The first-order valence-electron chi connectivity index (χ1n) is 9.12. The molecule has 5 rings (SSSR count). The third-order valence-corrected chi connectivity index (χ3v) is 6.40. The van der Waals surface area contributed by atoms with E-state index in [9.17, 15) is 4.79 Å². The van der Waals surface area contributed by atoms with Gasteiger partial charge >= 0.3 is 0 Å². The monoisotopic (exact) mass is 321 g/mol. The van der Waals surface area contributed by atoms with Gasteiger partial charge in [-0.05, 0) is 48.5 Å². The van der Waals surface area contributed by atoms with Crippen LogP contribution < -0.4 is 5.32 Å². The number of hydrogen-bond donors (Lipinski definition) is 1. The summed E-state index contributed by atoms with van der Waals surface area (Å²) in [5, 5.41) is 3.31. The molecule has 1 aromatic carbocycles. The van der Waals surface area contributed by atoms with Gasteiger partial charge in [0.2, 0.25) is 5.91 Å². The Kier molecular flexibility index (Phi) is 3.25. The third kappa shape index (κ3) is 2.36. The molecule has 3 saturated carbocycles. The lowest BCUT2D eigenvalue weighted by Gasteiger charge is -2.12. The summed E-state index contributed by atoms with van der Waals surface area (Å²) in [7, 11) is 0. The van der Waals surface area contributed by atoms with Crippen molar-refractivity contribution in [3.8, 4) is 0 Å². The van der Waals surface area contributed by atoms with Crippen molar-refractivity contribution in [2.75, 3.05) is 0 Å². The number of carbonyl (C=O) groups excluding carboxylic acids is 1. The quantitative estimate of drug-likeness (QED) is 0.920. The van der Waals surface area contributed by atoms with E-state index in [1.165, 1.54) is 24.8 Å². The van der Waals surface area contributed by atoms with E-state index in [0.717, 1.165) is 35.9 Å². The molecule has 0 aliphatic heterocycles. The molecule has 0 saturated heterocycles. The molecule has 3 aliphatic carbocycles. The van der Waals surface area contributed by atoms with Crippen LogP contribution in [0.2, 0.25) is 0 Å². The Morgan fingerprint density at radius 2 is 1.92 bits per heavy atom. The Morgan fingerprint density at radius 1 is 1.17 bits per heavy atom. The van der Waals surface area contributed by atoms with Gasteiger partial charge in [-0.3, -0.25) is 4.79 Å². The number of aromatic nitrogens is 2. The van der Waals surface area contributed by atoms with Crippen molar-refractivity contribution >= 4 is 5.91 Å². The van der Waals surface area contributed by atoms with Gasteiger partial charge in [-0.2, -0.15) is 0 Å². The SMILES string of the molecule is O=C(Cc1cncn1Cc1ccccc1)NC1[C@@H]2[C@H]3CC[C@@H](C3)[C@H]12.